The van der Waals surface area contributed by atoms with Gasteiger partial charge in [-0.1, -0.05) is 31.2 Å². The Bertz CT molecular complexity index is 1250. The monoisotopic (exact) mass is 456 g/mol. The average molecular weight is 457 g/mol. The van der Waals surface area contributed by atoms with E-state index >= 15 is 0 Å². The third-order valence-electron chi connectivity index (χ3n) is 5.89. The van der Waals surface area contributed by atoms with Gasteiger partial charge in [0.15, 0.2) is 15.5 Å². The quantitative estimate of drug-likeness (QED) is 0.549. The Morgan fingerprint density at radius 3 is 2.66 bits per heavy atom. The van der Waals surface area contributed by atoms with Gasteiger partial charge in [-0.3, -0.25) is 4.79 Å². The molecule has 1 N–H and O–H groups in total. The minimum atomic E-state index is -3.10. The van der Waals surface area contributed by atoms with Crippen molar-refractivity contribution in [1.82, 2.24) is 20.1 Å². The average Bonchev–Trinajstić information content (AvgIpc) is 3.32. The highest BCUT2D eigenvalue weighted by Crippen LogP contribution is 2.32. The molecule has 0 saturated carbocycles. The second-order valence-corrected chi connectivity index (χ2v) is 10.4. The lowest BCUT2D eigenvalue weighted by Gasteiger charge is -2.12. The van der Waals surface area contributed by atoms with Gasteiger partial charge in [-0.2, -0.15) is 5.10 Å². The molecule has 2 aromatic heterocycles. The molecule has 3 heterocycles. The first-order valence-electron chi connectivity index (χ1n) is 10.8. The zero-order valence-corrected chi connectivity index (χ0v) is 19.4. The molecular formula is C23H28N4O4S. The highest BCUT2D eigenvalue weighted by atomic mass is 32.2. The van der Waals surface area contributed by atoms with Crippen molar-refractivity contribution in [2.24, 2.45) is 0 Å². The van der Waals surface area contributed by atoms with E-state index in [1.807, 2.05) is 31.2 Å². The van der Waals surface area contributed by atoms with Crippen LogP contribution >= 0.6 is 0 Å². The molecule has 0 spiro atoms. The lowest BCUT2D eigenvalue weighted by Crippen LogP contribution is -2.27. The van der Waals surface area contributed by atoms with Gasteiger partial charge in [0.25, 0.3) is 5.91 Å². The molecule has 0 bridgehead atoms. The minimum Gasteiger partial charge on any atom is -0.383 e. The van der Waals surface area contributed by atoms with Crippen molar-refractivity contribution < 1.29 is 17.9 Å². The van der Waals surface area contributed by atoms with Crippen LogP contribution in [0.25, 0.3) is 22.3 Å². The van der Waals surface area contributed by atoms with Gasteiger partial charge in [0, 0.05) is 19.2 Å². The number of pyridine rings is 1. The molecule has 8 nitrogen and oxygen atoms in total. The van der Waals surface area contributed by atoms with Gasteiger partial charge in [0.05, 0.1) is 46.5 Å². The molecule has 1 aliphatic rings. The summed E-state index contributed by atoms with van der Waals surface area (Å²) in [5, 5.41) is 8.16. The summed E-state index contributed by atoms with van der Waals surface area (Å²) in [7, 11) is -1.51. The molecule has 3 aromatic rings. The molecule has 1 saturated heterocycles. The maximum atomic E-state index is 13.1. The summed E-state index contributed by atoms with van der Waals surface area (Å²) in [4.78, 5) is 17.9. The van der Waals surface area contributed by atoms with Crippen LogP contribution in [-0.4, -0.2) is 60.9 Å². The van der Waals surface area contributed by atoms with Crippen LogP contribution in [0.4, 0.5) is 0 Å². The van der Waals surface area contributed by atoms with E-state index in [-0.39, 0.29) is 23.5 Å². The third kappa shape index (κ3) is 4.40. The standard InChI is InChI=1S/C23H28N4O4S/c1-4-16-5-7-17(8-6-16)20-13-19(23(28)24-10-11-31-3)21-15(2)26-27(22(21)25-20)18-9-12-32(29,30)14-18/h5-8,13,18H,4,9-12,14H2,1-3H3,(H,24,28). The first kappa shape index (κ1) is 22.4. The minimum absolute atomic E-state index is 0.0374. The van der Waals surface area contributed by atoms with Crippen LogP contribution in [0.2, 0.25) is 0 Å². The fourth-order valence-electron chi connectivity index (χ4n) is 4.14. The molecule has 32 heavy (non-hydrogen) atoms. The molecule has 1 aromatic carbocycles. The first-order chi connectivity index (χ1) is 15.3. The Hall–Kier alpha value is -2.78. The highest BCUT2D eigenvalue weighted by molar-refractivity contribution is 7.91. The van der Waals surface area contributed by atoms with E-state index in [9.17, 15) is 13.2 Å². The van der Waals surface area contributed by atoms with Crippen molar-refractivity contribution in [3.8, 4) is 11.3 Å². The van der Waals surface area contributed by atoms with E-state index in [0.717, 1.165) is 12.0 Å². The third-order valence-corrected chi connectivity index (χ3v) is 7.64. The lowest BCUT2D eigenvalue weighted by atomic mass is 10.0. The number of hydrogen-bond acceptors (Lipinski definition) is 6. The molecule has 1 amide bonds. The van der Waals surface area contributed by atoms with Gasteiger partial charge < -0.3 is 10.1 Å². The summed E-state index contributed by atoms with van der Waals surface area (Å²) in [6.45, 7) is 4.71. The van der Waals surface area contributed by atoms with Crippen LogP contribution in [0.15, 0.2) is 30.3 Å². The van der Waals surface area contributed by atoms with Gasteiger partial charge in [0.2, 0.25) is 0 Å². The van der Waals surface area contributed by atoms with Gasteiger partial charge in [-0.25, -0.2) is 18.1 Å². The Kier molecular flexibility index (Phi) is 6.30. The van der Waals surface area contributed by atoms with Crippen molar-refractivity contribution in [2.75, 3.05) is 31.8 Å². The molecule has 170 valence electrons. The highest BCUT2D eigenvalue weighted by Gasteiger charge is 2.32. The molecule has 1 fully saturated rings. The molecular weight excluding hydrogens is 428 g/mol. The maximum Gasteiger partial charge on any atom is 0.252 e. The topological polar surface area (TPSA) is 103 Å². The van der Waals surface area contributed by atoms with Crippen molar-refractivity contribution in [1.29, 1.82) is 0 Å². The van der Waals surface area contributed by atoms with Gasteiger partial charge in [0.1, 0.15) is 0 Å². The molecule has 1 aliphatic heterocycles. The second kappa shape index (κ2) is 8.99. The Balaban J connectivity index is 1.86. The fraction of sp³-hybridized carbons (Fsp3) is 0.435. The van der Waals surface area contributed by atoms with E-state index in [1.165, 1.54) is 5.56 Å². The fourth-order valence-corrected chi connectivity index (χ4v) is 5.83. The Morgan fingerprint density at radius 2 is 2.03 bits per heavy atom. The molecule has 0 radical (unpaired) electrons. The largest absolute Gasteiger partial charge is 0.383 e. The normalized spacial score (nSPS) is 17.7. The number of carbonyl (C=O) groups excluding carboxylic acids is 1. The first-order valence-corrected chi connectivity index (χ1v) is 12.6. The SMILES string of the molecule is CCc1ccc(-c2cc(C(=O)NCCOC)c3c(C)nn(C4CCS(=O)(=O)C4)c3n2)cc1. The van der Waals surface area contributed by atoms with Crippen molar-refractivity contribution in [3.05, 3.63) is 47.2 Å². The number of rotatable bonds is 7. The number of methoxy groups -OCH3 is 1. The number of nitrogens with zero attached hydrogens (tertiary/aromatic N) is 3. The number of aromatic nitrogens is 3. The number of nitrogens with one attached hydrogen (secondary N) is 1. The summed E-state index contributed by atoms with van der Waals surface area (Å²) >= 11 is 0. The number of benzene rings is 1. The van der Waals surface area contributed by atoms with Crippen molar-refractivity contribution in [2.45, 2.75) is 32.7 Å². The number of amides is 1. The summed E-state index contributed by atoms with van der Waals surface area (Å²) < 4.78 is 30.9. The molecule has 1 atom stereocenters. The number of fused-ring (bicyclic) bond motifs is 1. The van der Waals surface area contributed by atoms with Gasteiger partial charge in [-0.15, -0.1) is 0 Å². The predicted molar refractivity (Wildman–Crippen MR) is 124 cm³/mol. The summed E-state index contributed by atoms with van der Waals surface area (Å²) in [5.74, 6) is -0.0569. The zero-order chi connectivity index (χ0) is 22.9. The van der Waals surface area contributed by atoms with Crippen LogP contribution < -0.4 is 5.32 Å². The van der Waals surface area contributed by atoms with Crippen LogP contribution in [0.3, 0.4) is 0 Å². The van der Waals surface area contributed by atoms with Gasteiger partial charge >= 0.3 is 0 Å². The van der Waals surface area contributed by atoms with E-state index in [0.29, 0.717) is 47.6 Å². The molecule has 1 unspecified atom stereocenters. The van der Waals surface area contributed by atoms with Gasteiger partial charge in [-0.05, 0) is 31.4 Å². The predicted octanol–water partition coefficient (Wildman–Crippen LogP) is 2.70. The second-order valence-electron chi connectivity index (χ2n) is 8.14. The van der Waals surface area contributed by atoms with Crippen LogP contribution in [-0.2, 0) is 21.0 Å². The number of sulfone groups is 1. The summed E-state index contributed by atoms with van der Waals surface area (Å²) in [6, 6.07) is 9.58. The number of ether oxygens (including phenoxy) is 1. The number of carbonyl (C=O) groups is 1. The number of hydrogen-bond donors (Lipinski definition) is 1. The van der Waals surface area contributed by atoms with Crippen LogP contribution in [0, 0.1) is 6.92 Å². The van der Waals surface area contributed by atoms with Crippen molar-refractivity contribution >= 4 is 26.8 Å². The zero-order valence-electron chi connectivity index (χ0n) is 18.6. The van der Waals surface area contributed by atoms with E-state index in [2.05, 4.69) is 17.3 Å². The van der Waals surface area contributed by atoms with E-state index < -0.39 is 9.84 Å². The summed E-state index contributed by atoms with van der Waals surface area (Å²) in [6.07, 6.45) is 1.42. The van der Waals surface area contributed by atoms with Crippen LogP contribution in [0.5, 0.6) is 0 Å². The van der Waals surface area contributed by atoms with Crippen LogP contribution in [0.1, 0.15) is 41.0 Å². The number of aryl methyl sites for hydroxylation is 2. The van der Waals surface area contributed by atoms with E-state index in [4.69, 9.17) is 9.72 Å². The molecule has 0 aliphatic carbocycles. The lowest BCUT2D eigenvalue weighted by molar-refractivity contribution is 0.0938. The smallest absolute Gasteiger partial charge is 0.252 e. The van der Waals surface area contributed by atoms with Crippen molar-refractivity contribution in [3.63, 3.8) is 0 Å². The molecule has 4 rings (SSSR count). The van der Waals surface area contributed by atoms with E-state index in [1.54, 1.807) is 17.9 Å². The summed E-state index contributed by atoms with van der Waals surface area (Å²) in [5.41, 5.74) is 4.42. The Morgan fingerprint density at radius 1 is 1.28 bits per heavy atom. The Labute approximate surface area is 187 Å². The maximum absolute atomic E-state index is 13.1. The molecule has 9 heteroatoms.